The molecule has 21 heavy (non-hydrogen) atoms. The zero-order valence-electron chi connectivity index (χ0n) is 11.5. The highest BCUT2D eigenvalue weighted by Crippen LogP contribution is 2.17. The van der Waals surface area contributed by atoms with Gasteiger partial charge in [-0.15, -0.1) is 11.3 Å². The van der Waals surface area contributed by atoms with E-state index in [1.54, 1.807) is 23.5 Å². The highest BCUT2D eigenvalue weighted by molar-refractivity contribution is 7.10. The van der Waals surface area contributed by atoms with Crippen LogP contribution in [0.4, 0.5) is 5.69 Å². The number of amides is 1. The standard InChI is InChI=1S/C16H15NO3S/c1-11-9-13(6-4-12(11)5-7-16(19)20)17-15(18)10-14-3-2-8-21-14/h2-9H,10H2,1H3,(H,17,18)(H,19,20). The number of hydrogen-bond donors (Lipinski definition) is 2. The third-order valence-electron chi connectivity index (χ3n) is 2.87. The number of carbonyl (C=O) groups excluding carboxylic acids is 1. The van der Waals surface area contributed by atoms with E-state index in [1.165, 1.54) is 6.08 Å². The van der Waals surface area contributed by atoms with Crippen LogP contribution in [0.1, 0.15) is 16.0 Å². The normalized spacial score (nSPS) is 10.7. The summed E-state index contributed by atoms with van der Waals surface area (Å²) in [6.07, 6.45) is 2.99. The maximum Gasteiger partial charge on any atom is 0.328 e. The first-order chi connectivity index (χ1) is 10.0. The highest BCUT2D eigenvalue weighted by Gasteiger charge is 2.06. The summed E-state index contributed by atoms with van der Waals surface area (Å²) >= 11 is 1.55. The number of rotatable bonds is 5. The molecule has 0 radical (unpaired) electrons. The van der Waals surface area contributed by atoms with Crippen LogP contribution in [0, 0.1) is 6.92 Å². The van der Waals surface area contributed by atoms with E-state index in [-0.39, 0.29) is 5.91 Å². The topological polar surface area (TPSA) is 66.4 Å². The summed E-state index contributed by atoms with van der Waals surface area (Å²) < 4.78 is 0. The van der Waals surface area contributed by atoms with Crippen molar-refractivity contribution in [1.82, 2.24) is 0 Å². The third kappa shape index (κ3) is 4.57. The van der Waals surface area contributed by atoms with Crippen LogP contribution in [0.25, 0.3) is 6.08 Å². The molecule has 0 unspecified atom stereocenters. The van der Waals surface area contributed by atoms with Crippen molar-refractivity contribution in [3.63, 3.8) is 0 Å². The SMILES string of the molecule is Cc1cc(NC(=O)Cc2cccs2)ccc1C=CC(=O)O. The molecule has 2 aromatic rings. The van der Waals surface area contributed by atoms with E-state index < -0.39 is 5.97 Å². The predicted octanol–water partition coefficient (Wildman–Crippen LogP) is 3.34. The Balaban J connectivity index is 2.03. The molecular formula is C16H15NO3S. The molecule has 2 rings (SSSR count). The summed E-state index contributed by atoms with van der Waals surface area (Å²) in [5, 5.41) is 13.4. The summed E-state index contributed by atoms with van der Waals surface area (Å²) in [5.41, 5.74) is 2.43. The summed E-state index contributed by atoms with van der Waals surface area (Å²) in [4.78, 5) is 23.4. The maximum absolute atomic E-state index is 11.9. The lowest BCUT2D eigenvalue weighted by atomic mass is 10.1. The zero-order chi connectivity index (χ0) is 15.2. The maximum atomic E-state index is 11.9. The molecule has 1 heterocycles. The monoisotopic (exact) mass is 301 g/mol. The molecule has 2 N–H and O–H groups in total. The Kier molecular flexibility index (Phi) is 4.90. The second-order valence-electron chi connectivity index (χ2n) is 4.55. The first kappa shape index (κ1) is 15.0. The fraction of sp³-hybridized carbons (Fsp3) is 0.125. The van der Waals surface area contributed by atoms with Gasteiger partial charge in [-0.2, -0.15) is 0 Å². The minimum Gasteiger partial charge on any atom is -0.478 e. The van der Waals surface area contributed by atoms with E-state index in [2.05, 4.69) is 5.32 Å². The molecule has 0 saturated heterocycles. The number of hydrogen-bond acceptors (Lipinski definition) is 3. The molecule has 0 atom stereocenters. The van der Waals surface area contributed by atoms with E-state index in [0.29, 0.717) is 12.1 Å². The number of anilines is 1. The van der Waals surface area contributed by atoms with Crippen LogP contribution < -0.4 is 5.32 Å². The molecule has 4 nitrogen and oxygen atoms in total. The van der Waals surface area contributed by atoms with Crippen LogP contribution in [0.3, 0.4) is 0 Å². The van der Waals surface area contributed by atoms with Gasteiger partial charge < -0.3 is 10.4 Å². The second kappa shape index (κ2) is 6.85. The lowest BCUT2D eigenvalue weighted by molar-refractivity contribution is -0.131. The average molecular weight is 301 g/mol. The van der Waals surface area contributed by atoms with Gasteiger partial charge in [0.05, 0.1) is 6.42 Å². The minimum absolute atomic E-state index is 0.0642. The van der Waals surface area contributed by atoms with Crippen molar-refractivity contribution in [3.8, 4) is 0 Å². The van der Waals surface area contributed by atoms with Gasteiger partial charge in [-0.05, 0) is 47.7 Å². The van der Waals surface area contributed by atoms with Crippen LogP contribution in [0.15, 0.2) is 41.8 Å². The number of nitrogens with one attached hydrogen (secondary N) is 1. The fourth-order valence-electron chi connectivity index (χ4n) is 1.88. The van der Waals surface area contributed by atoms with Crippen molar-refractivity contribution in [2.24, 2.45) is 0 Å². The molecule has 0 aliphatic rings. The minimum atomic E-state index is -0.984. The highest BCUT2D eigenvalue weighted by atomic mass is 32.1. The second-order valence-corrected chi connectivity index (χ2v) is 5.58. The van der Waals surface area contributed by atoms with E-state index in [1.807, 2.05) is 30.5 Å². The number of aliphatic carboxylic acids is 1. The van der Waals surface area contributed by atoms with Crippen LogP contribution in [0.2, 0.25) is 0 Å². The number of benzene rings is 1. The van der Waals surface area contributed by atoms with E-state index in [0.717, 1.165) is 22.1 Å². The van der Waals surface area contributed by atoms with Gasteiger partial charge in [0.15, 0.2) is 0 Å². The van der Waals surface area contributed by atoms with E-state index in [9.17, 15) is 9.59 Å². The van der Waals surface area contributed by atoms with Crippen molar-refractivity contribution in [1.29, 1.82) is 0 Å². The van der Waals surface area contributed by atoms with Gasteiger partial charge in [0.2, 0.25) is 5.91 Å². The molecule has 1 amide bonds. The molecule has 1 aromatic heterocycles. The quantitative estimate of drug-likeness (QED) is 0.832. The third-order valence-corrected chi connectivity index (χ3v) is 3.75. The molecule has 108 valence electrons. The van der Waals surface area contributed by atoms with E-state index >= 15 is 0 Å². The smallest absolute Gasteiger partial charge is 0.328 e. The molecule has 0 saturated carbocycles. The Morgan fingerprint density at radius 1 is 1.33 bits per heavy atom. The number of thiophene rings is 1. The Morgan fingerprint density at radius 2 is 2.14 bits per heavy atom. The van der Waals surface area contributed by atoms with Crippen LogP contribution in [-0.4, -0.2) is 17.0 Å². The lowest BCUT2D eigenvalue weighted by Gasteiger charge is -2.07. The van der Waals surface area contributed by atoms with Gasteiger partial charge in [-0.3, -0.25) is 4.79 Å². The van der Waals surface area contributed by atoms with Crippen LogP contribution in [0.5, 0.6) is 0 Å². The average Bonchev–Trinajstić information content (AvgIpc) is 2.90. The van der Waals surface area contributed by atoms with Crippen molar-refractivity contribution in [2.75, 3.05) is 5.32 Å². The molecule has 5 heteroatoms. The first-order valence-electron chi connectivity index (χ1n) is 6.38. The molecule has 0 aliphatic heterocycles. The Labute approximate surface area is 126 Å². The number of carboxylic acid groups (broad SMARTS) is 1. The van der Waals surface area contributed by atoms with Crippen molar-refractivity contribution < 1.29 is 14.7 Å². The van der Waals surface area contributed by atoms with Gasteiger partial charge >= 0.3 is 5.97 Å². The molecule has 0 bridgehead atoms. The van der Waals surface area contributed by atoms with Crippen molar-refractivity contribution in [2.45, 2.75) is 13.3 Å². The fourth-order valence-corrected chi connectivity index (χ4v) is 2.58. The molecule has 0 spiro atoms. The zero-order valence-corrected chi connectivity index (χ0v) is 12.3. The van der Waals surface area contributed by atoms with Crippen LogP contribution in [-0.2, 0) is 16.0 Å². The van der Waals surface area contributed by atoms with Gasteiger partial charge in [0.1, 0.15) is 0 Å². The molecule has 0 fully saturated rings. The predicted molar refractivity (Wildman–Crippen MR) is 84.5 cm³/mol. The summed E-state index contributed by atoms with van der Waals surface area (Å²) in [6.45, 7) is 1.87. The number of aryl methyl sites for hydroxylation is 1. The van der Waals surface area contributed by atoms with Gasteiger partial charge in [0, 0.05) is 16.6 Å². The first-order valence-corrected chi connectivity index (χ1v) is 7.26. The molecular weight excluding hydrogens is 286 g/mol. The largest absolute Gasteiger partial charge is 0.478 e. The Morgan fingerprint density at radius 3 is 2.76 bits per heavy atom. The summed E-state index contributed by atoms with van der Waals surface area (Å²) in [5.74, 6) is -1.05. The van der Waals surface area contributed by atoms with Gasteiger partial charge in [0.25, 0.3) is 0 Å². The van der Waals surface area contributed by atoms with Gasteiger partial charge in [-0.1, -0.05) is 12.1 Å². The van der Waals surface area contributed by atoms with E-state index in [4.69, 9.17) is 5.11 Å². The van der Waals surface area contributed by atoms with Gasteiger partial charge in [-0.25, -0.2) is 4.79 Å². The van der Waals surface area contributed by atoms with Crippen molar-refractivity contribution >= 4 is 35.0 Å². The molecule has 0 aliphatic carbocycles. The summed E-state index contributed by atoms with van der Waals surface area (Å²) in [6, 6.07) is 9.22. The number of carbonyl (C=O) groups is 2. The van der Waals surface area contributed by atoms with Crippen LogP contribution >= 0.6 is 11.3 Å². The Bertz CT molecular complexity index is 675. The summed E-state index contributed by atoms with van der Waals surface area (Å²) in [7, 11) is 0. The van der Waals surface area contributed by atoms with Crippen molar-refractivity contribution in [3.05, 3.63) is 57.8 Å². The number of carboxylic acids is 1. The Hall–Kier alpha value is -2.40. The lowest BCUT2D eigenvalue weighted by Crippen LogP contribution is -2.13. The molecule has 1 aromatic carbocycles.